The van der Waals surface area contributed by atoms with Gasteiger partial charge in [0.25, 0.3) is 5.91 Å². The molecule has 0 bridgehead atoms. The third kappa shape index (κ3) is 7.27. The van der Waals surface area contributed by atoms with E-state index in [1.165, 1.54) is 10.8 Å². The molecule has 0 aliphatic carbocycles. The molecule has 1 amide bonds. The molecule has 208 valence electrons. The molecule has 0 radical (unpaired) electrons. The number of carbonyl (C=O) groups excluding carboxylic acids is 1. The third-order valence-electron chi connectivity index (χ3n) is 6.71. The number of hydrogen-bond acceptors (Lipinski definition) is 4. The van der Waals surface area contributed by atoms with Gasteiger partial charge in [-0.3, -0.25) is 4.79 Å². The predicted octanol–water partition coefficient (Wildman–Crippen LogP) is 9.38. The highest BCUT2D eigenvalue weighted by Gasteiger charge is 2.12. The maximum Gasteiger partial charge on any atom is 0.266 e. The molecular weight excluding hydrogens is 656 g/mol. The van der Waals surface area contributed by atoms with Crippen LogP contribution in [-0.4, -0.2) is 5.91 Å². The van der Waals surface area contributed by atoms with Gasteiger partial charge in [-0.1, -0.05) is 70.5 Å². The number of nitriles is 1. The molecule has 5 nitrogen and oxygen atoms in total. The lowest BCUT2D eigenvalue weighted by Crippen LogP contribution is -2.13. The molecule has 5 aromatic rings. The molecule has 5 rings (SSSR count). The van der Waals surface area contributed by atoms with Gasteiger partial charge in [-0.15, -0.1) is 0 Å². The van der Waals surface area contributed by atoms with E-state index in [4.69, 9.17) is 9.47 Å². The number of hydrogen-bond donors (Lipinski definition) is 1. The van der Waals surface area contributed by atoms with Crippen molar-refractivity contribution in [2.24, 2.45) is 0 Å². The molecule has 1 N–H and O–H groups in total. The number of amides is 1. The minimum absolute atomic E-state index is 0.0162. The van der Waals surface area contributed by atoms with Gasteiger partial charge in [-0.25, -0.2) is 0 Å². The lowest BCUT2D eigenvalue weighted by atomic mass is 10.0. The molecule has 0 aromatic heterocycles. The van der Waals surface area contributed by atoms with Crippen LogP contribution in [0.4, 0.5) is 5.69 Å². The van der Waals surface area contributed by atoms with Gasteiger partial charge in [0.1, 0.15) is 36.4 Å². The molecule has 0 aliphatic rings. The first kappa shape index (κ1) is 29.1. The van der Waals surface area contributed by atoms with Gasteiger partial charge in [0.05, 0.1) is 4.47 Å². The van der Waals surface area contributed by atoms with E-state index in [1.54, 1.807) is 30.3 Å². The minimum Gasteiger partial charge on any atom is -0.489 e. The van der Waals surface area contributed by atoms with Crippen molar-refractivity contribution in [3.63, 3.8) is 0 Å². The van der Waals surface area contributed by atoms with Gasteiger partial charge >= 0.3 is 0 Å². The van der Waals surface area contributed by atoms with Crippen LogP contribution in [0.1, 0.15) is 22.3 Å². The normalized spacial score (nSPS) is 11.1. The number of rotatable bonds is 9. The molecular formula is C35H26Br2N2O3. The van der Waals surface area contributed by atoms with E-state index < -0.39 is 5.91 Å². The van der Waals surface area contributed by atoms with Crippen LogP contribution >= 0.6 is 31.9 Å². The Balaban J connectivity index is 1.21. The average molecular weight is 682 g/mol. The Morgan fingerprint density at radius 1 is 0.881 bits per heavy atom. The van der Waals surface area contributed by atoms with Gasteiger partial charge in [0.15, 0.2) is 0 Å². The number of aryl methyl sites for hydroxylation is 1. The number of carbonyl (C=O) groups is 1. The Kier molecular flexibility index (Phi) is 9.38. The quantitative estimate of drug-likeness (QED) is 0.124. The molecule has 0 saturated carbocycles. The Bertz CT molecular complexity index is 1810. The SMILES string of the molecule is Cc1ccc2ccccc2c1COc1ccc(/C=C(\C#N)C(=O)Nc2ccc(OCc3ccc(Br)cc3)cc2)cc1Br. The number of ether oxygens (including phenoxy) is 2. The summed E-state index contributed by atoms with van der Waals surface area (Å²) in [6, 6.07) is 34.9. The molecule has 0 saturated heterocycles. The fourth-order valence-corrected chi connectivity index (χ4v) is 5.18. The van der Waals surface area contributed by atoms with E-state index in [2.05, 4.69) is 68.4 Å². The summed E-state index contributed by atoms with van der Waals surface area (Å²) in [5, 5.41) is 14.8. The van der Waals surface area contributed by atoms with Crippen LogP contribution in [0, 0.1) is 18.3 Å². The van der Waals surface area contributed by atoms with Crippen molar-refractivity contribution in [1.29, 1.82) is 5.26 Å². The smallest absolute Gasteiger partial charge is 0.266 e. The molecule has 42 heavy (non-hydrogen) atoms. The molecule has 7 heteroatoms. The monoisotopic (exact) mass is 680 g/mol. The summed E-state index contributed by atoms with van der Waals surface area (Å²) in [5.74, 6) is 0.850. The van der Waals surface area contributed by atoms with Gasteiger partial charge in [-0.05, 0) is 105 Å². The molecule has 5 aromatic carbocycles. The average Bonchev–Trinajstić information content (AvgIpc) is 3.00. The van der Waals surface area contributed by atoms with Gasteiger partial charge in [-0.2, -0.15) is 5.26 Å². The van der Waals surface area contributed by atoms with Gasteiger partial charge in [0.2, 0.25) is 0 Å². The maximum atomic E-state index is 12.8. The highest BCUT2D eigenvalue weighted by Crippen LogP contribution is 2.30. The van der Waals surface area contributed by atoms with E-state index in [1.807, 2.05) is 60.7 Å². The lowest BCUT2D eigenvalue weighted by molar-refractivity contribution is -0.112. The van der Waals surface area contributed by atoms with Crippen LogP contribution in [-0.2, 0) is 18.0 Å². The van der Waals surface area contributed by atoms with Crippen molar-refractivity contribution in [2.45, 2.75) is 20.1 Å². The van der Waals surface area contributed by atoms with E-state index in [9.17, 15) is 10.1 Å². The zero-order valence-corrected chi connectivity index (χ0v) is 25.9. The zero-order valence-electron chi connectivity index (χ0n) is 22.7. The van der Waals surface area contributed by atoms with Crippen LogP contribution in [0.5, 0.6) is 11.5 Å². The second kappa shape index (κ2) is 13.5. The summed E-state index contributed by atoms with van der Waals surface area (Å²) in [6.45, 7) is 2.93. The number of nitrogens with zero attached hydrogens (tertiary/aromatic N) is 1. The Morgan fingerprint density at radius 2 is 1.64 bits per heavy atom. The van der Waals surface area contributed by atoms with E-state index in [-0.39, 0.29) is 5.57 Å². The molecule has 0 fully saturated rings. The number of halogens is 2. The van der Waals surface area contributed by atoms with Crippen LogP contribution in [0.2, 0.25) is 0 Å². The molecule has 0 aliphatic heterocycles. The highest BCUT2D eigenvalue weighted by molar-refractivity contribution is 9.10. The standard InChI is InChI=1S/C35H26Br2N2O3/c1-23-6-10-26-4-2-3-5-31(26)32(23)22-42-34-17-9-25(19-33(34)37)18-27(20-38)35(40)39-29-13-15-30(16-14-29)41-21-24-7-11-28(36)12-8-24/h2-19H,21-22H2,1H3,(H,39,40)/b27-18+. The predicted molar refractivity (Wildman–Crippen MR) is 174 cm³/mol. The van der Waals surface area contributed by atoms with Crippen LogP contribution < -0.4 is 14.8 Å². The van der Waals surface area contributed by atoms with Gasteiger partial charge in [0, 0.05) is 15.7 Å². The summed E-state index contributed by atoms with van der Waals surface area (Å²) < 4.78 is 13.7. The molecule has 0 unspecified atom stereocenters. The summed E-state index contributed by atoms with van der Waals surface area (Å²) in [6.07, 6.45) is 1.55. The fraction of sp³-hybridized carbons (Fsp3) is 0.0857. The van der Waals surface area contributed by atoms with E-state index in [0.717, 1.165) is 25.6 Å². The first-order valence-corrected chi connectivity index (χ1v) is 14.8. The largest absolute Gasteiger partial charge is 0.489 e. The maximum absolute atomic E-state index is 12.8. The number of nitrogens with one attached hydrogen (secondary N) is 1. The van der Waals surface area contributed by atoms with Crippen molar-refractivity contribution in [3.05, 3.63) is 140 Å². The summed E-state index contributed by atoms with van der Waals surface area (Å²) in [5.41, 5.74) is 4.58. The zero-order chi connectivity index (χ0) is 29.5. The Hall–Kier alpha value is -4.38. The Labute approximate surface area is 261 Å². The van der Waals surface area contributed by atoms with Crippen LogP contribution in [0.15, 0.2) is 118 Å². The van der Waals surface area contributed by atoms with Crippen molar-refractivity contribution in [1.82, 2.24) is 0 Å². The summed E-state index contributed by atoms with van der Waals surface area (Å²) in [4.78, 5) is 12.8. The Morgan fingerprint density at radius 3 is 2.38 bits per heavy atom. The van der Waals surface area contributed by atoms with Crippen LogP contribution in [0.3, 0.4) is 0 Å². The second-order valence-electron chi connectivity index (χ2n) is 9.62. The third-order valence-corrected chi connectivity index (χ3v) is 7.86. The number of anilines is 1. The number of benzene rings is 5. The van der Waals surface area contributed by atoms with Crippen molar-refractivity contribution in [2.75, 3.05) is 5.32 Å². The first-order chi connectivity index (χ1) is 20.4. The second-order valence-corrected chi connectivity index (χ2v) is 11.4. The van der Waals surface area contributed by atoms with Crippen molar-refractivity contribution < 1.29 is 14.3 Å². The van der Waals surface area contributed by atoms with Gasteiger partial charge < -0.3 is 14.8 Å². The lowest BCUT2D eigenvalue weighted by Gasteiger charge is -2.13. The summed E-state index contributed by atoms with van der Waals surface area (Å²) in [7, 11) is 0. The topological polar surface area (TPSA) is 71.3 Å². The molecule has 0 atom stereocenters. The first-order valence-electron chi connectivity index (χ1n) is 13.2. The molecule has 0 spiro atoms. The highest BCUT2D eigenvalue weighted by atomic mass is 79.9. The minimum atomic E-state index is -0.496. The van der Waals surface area contributed by atoms with Crippen molar-refractivity contribution >= 4 is 60.3 Å². The van der Waals surface area contributed by atoms with Crippen molar-refractivity contribution in [3.8, 4) is 17.6 Å². The summed E-state index contributed by atoms with van der Waals surface area (Å²) >= 11 is 7.00. The fourth-order valence-electron chi connectivity index (χ4n) is 4.41. The number of fused-ring (bicyclic) bond motifs is 1. The molecule has 0 heterocycles. The van der Waals surface area contributed by atoms with E-state index in [0.29, 0.717) is 36.0 Å². The van der Waals surface area contributed by atoms with E-state index >= 15 is 0 Å². The van der Waals surface area contributed by atoms with Crippen LogP contribution in [0.25, 0.3) is 16.8 Å².